The number of nitrogens with zero attached hydrogens (tertiary/aromatic N) is 5. The first-order chi connectivity index (χ1) is 13.6. The van der Waals surface area contributed by atoms with E-state index in [0.717, 1.165) is 0 Å². The maximum Gasteiger partial charge on any atom is 0.292 e. The zero-order valence-corrected chi connectivity index (χ0v) is 15.6. The van der Waals surface area contributed by atoms with Gasteiger partial charge in [0.2, 0.25) is 11.7 Å². The summed E-state index contributed by atoms with van der Waals surface area (Å²) in [7, 11) is 3.13. The molecular weight excluding hydrogens is 364 g/mol. The lowest BCUT2D eigenvalue weighted by atomic mass is 10.2. The maximum atomic E-state index is 12.4. The highest BCUT2D eigenvalue weighted by Gasteiger charge is 2.26. The average Bonchev–Trinajstić information content (AvgIpc) is 3.27. The number of methoxy groups -OCH3 is 2. The van der Waals surface area contributed by atoms with Gasteiger partial charge in [0.05, 0.1) is 25.9 Å². The molecule has 3 aromatic rings. The second kappa shape index (κ2) is 7.22. The van der Waals surface area contributed by atoms with Crippen molar-refractivity contribution in [3.05, 3.63) is 30.2 Å². The third-order valence-electron chi connectivity index (χ3n) is 4.72. The fraction of sp³-hybridized carbons (Fsp3) is 0.333. The molecule has 1 saturated heterocycles. The summed E-state index contributed by atoms with van der Waals surface area (Å²) in [6.45, 7) is 2.20. The number of hydrogen-bond donors (Lipinski definition) is 1. The van der Waals surface area contributed by atoms with Gasteiger partial charge in [0.15, 0.2) is 11.5 Å². The van der Waals surface area contributed by atoms with E-state index in [1.807, 2.05) is 4.90 Å². The normalized spacial score (nSPS) is 14.4. The van der Waals surface area contributed by atoms with Gasteiger partial charge in [0.25, 0.3) is 5.91 Å². The summed E-state index contributed by atoms with van der Waals surface area (Å²) in [5, 5.41) is 4.27. The van der Waals surface area contributed by atoms with E-state index in [4.69, 9.17) is 19.7 Å². The van der Waals surface area contributed by atoms with Crippen LogP contribution in [0.25, 0.3) is 10.9 Å². The highest BCUT2D eigenvalue weighted by atomic mass is 16.5. The summed E-state index contributed by atoms with van der Waals surface area (Å²) in [6.07, 6.45) is 1.46. The minimum absolute atomic E-state index is 0.173. The molecule has 10 heteroatoms. The van der Waals surface area contributed by atoms with Gasteiger partial charge < -0.3 is 29.5 Å². The molecule has 0 saturated carbocycles. The van der Waals surface area contributed by atoms with Crippen molar-refractivity contribution in [3.63, 3.8) is 0 Å². The van der Waals surface area contributed by atoms with Crippen LogP contribution >= 0.6 is 0 Å². The number of ether oxygens (including phenoxy) is 2. The van der Waals surface area contributed by atoms with E-state index in [1.165, 1.54) is 6.20 Å². The first kappa shape index (κ1) is 17.8. The van der Waals surface area contributed by atoms with E-state index in [-0.39, 0.29) is 11.7 Å². The molecule has 28 heavy (non-hydrogen) atoms. The molecule has 0 spiro atoms. The van der Waals surface area contributed by atoms with E-state index in [1.54, 1.807) is 37.3 Å². The Balaban J connectivity index is 1.56. The Morgan fingerprint density at radius 1 is 1.11 bits per heavy atom. The van der Waals surface area contributed by atoms with Crippen LogP contribution < -0.4 is 20.1 Å². The molecule has 146 valence electrons. The van der Waals surface area contributed by atoms with Crippen LogP contribution in [0.3, 0.4) is 0 Å². The second-order valence-electron chi connectivity index (χ2n) is 6.29. The largest absolute Gasteiger partial charge is 0.493 e. The summed E-state index contributed by atoms with van der Waals surface area (Å²) in [5.74, 6) is 2.08. The van der Waals surface area contributed by atoms with Crippen molar-refractivity contribution in [2.24, 2.45) is 0 Å². The molecule has 1 aliphatic rings. The average molecular weight is 384 g/mol. The Hall–Kier alpha value is -3.56. The van der Waals surface area contributed by atoms with Crippen molar-refractivity contribution in [1.29, 1.82) is 0 Å². The van der Waals surface area contributed by atoms with Crippen LogP contribution in [0.2, 0.25) is 0 Å². The molecule has 1 fully saturated rings. The van der Waals surface area contributed by atoms with Crippen molar-refractivity contribution in [2.45, 2.75) is 0 Å². The Morgan fingerprint density at radius 2 is 1.82 bits per heavy atom. The number of amides is 1. The number of nitrogens with two attached hydrogens (primary N) is 1. The SMILES string of the molecule is COc1cc2nc(N3CCN(C(=O)c4ccno4)CC3)nc(N)c2cc1OC. The summed E-state index contributed by atoms with van der Waals surface area (Å²) in [4.78, 5) is 25.1. The lowest BCUT2D eigenvalue weighted by molar-refractivity contribution is 0.0704. The number of piperazine rings is 1. The minimum Gasteiger partial charge on any atom is -0.493 e. The van der Waals surface area contributed by atoms with Crippen molar-refractivity contribution in [3.8, 4) is 11.5 Å². The number of anilines is 2. The first-order valence-corrected chi connectivity index (χ1v) is 8.75. The molecule has 3 heterocycles. The van der Waals surface area contributed by atoms with Crippen molar-refractivity contribution in [1.82, 2.24) is 20.0 Å². The van der Waals surface area contributed by atoms with Gasteiger partial charge in [0.1, 0.15) is 5.82 Å². The molecule has 4 rings (SSSR count). The second-order valence-corrected chi connectivity index (χ2v) is 6.29. The molecule has 0 aliphatic carbocycles. The van der Waals surface area contributed by atoms with Crippen LogP contribution in [0.4, 0.5) is 11.8 Å². The summed E-state index contributed by atoms with van der Waals surface area (Å²) < 4.78 is 15.6. The van der Waals surface area contributed by atoms with E-state index >= 15 is 0 Å². The molecule has 1 aliphatic heterocycles. The highest BCUT2D eigenvalue weighted by Crippen LogP contribution is 2.34. The Labute approximate surface area is 160 Å². The smallest absolute Gasteiger partial charge is 0.292 e. The third kappa shape index (κ3) is 3.13. The number of hydrogen-bond acceptors (Lipinski definition) is 9. The number of benzene rings is 1. The van der Waals surface area contributed by atoms with Gasteiger partial charge in [-0.05, 0) is 6.07 Å². The summed E-state index contributed by atoms with van der Waals surface area (Å²) >= 11 is 0. The van der Waals surface area contributed by atoms with Gasteiger partial charge in [-0.25, -0.2) is 4.98 Å². The zero-order valence-electron chi connectivity index (χ0n) is 15.6. The van der Waals surface area contributed by atoms with Crippen LogP contribution in [0.15, 0.2) is 28.9 Å². The van der Waals surface area contributed by atoms with Crippen molar-refractivity contribution >= 4 is 28.6 Å². The van der Waals surface area contributed by atoms with Gasteiger partial charge in [0, 0.05) is 43.7 Å². The number of rotatable bonds is 4. The van der Waals surface area contributed by atoms with Crippen LogP contribution in [-0.4, -0.2) is 66.3 Å². The van der Waals surface area contributed by atoms with Gasteiger partial charge in [-0.2, -0.15) is 4.98 Å². The van der Waals surface area contributed by atoms with Gasteiger partial charge in [-0.3, -0.25) is 4.79 Å². The van der Waals surface area contributed by atoms with E-state index in [0.29, 0.717) is 60.3 Å². The lowest BCUT2D eigenvalue weighted by Crippen LogP contribution is -2.49. The predicted octanol–water partition coefficient (Wildman–Crippen LogP) is 1.18. The van der Waals surface area contributed by atoms with E-state index < -0.39 is 0 Å². The molecule has 0 atom stereocenters. The van der Waals surface area contributed by atoms with Crippen LogP contribution in [0.1, 0.15) is 10.6 Å². The molecule has 2 N–H and O–H groups in total. The Bertz CT molecular complexity index is 999. The fourth-order valence-corrected chi connectivity index (χ4v) is 3.20. The number of nitrogen functional groups attached to an aromatic ring is 1. The predicted molar refractivity (Wildman–Crippen MR) is 102 cm³/mol. The molecule has 0 unspecified atom stereocenters. The van der Waals surface area contributed by atoms with Crippen LogP contribution in [0.5, 0.6) is 11.5 Å². The quantitative estimate of drug-likeness (QED) is 0.707. The standard InChI is InChI=1S/C18H20N6O4/c1-26-14-9-11-12(10-15(14)27-2)21-18(22-16(11)19)24-7-5-23(6-8-24)17(25)13-3-4-20-28-13/h3-4,9-10H,5-8H2,1-2H3,(H2,19,21,22). The Morgan fingerprint density at radius 3 is 2.46 bits per heavy atom. The summed E-state index contributed by atoms with van der Waals surface area (Å²) in [6, 6.07) is 5.10. The topological polar surface area (TPSA) is 120 Å². The summed E-state index contributed by atoms with van der Waals surface area (Å²) in [5.41, 5.74) is 6.83. The number of fused-ring (bicyclic) bond motifs is 1. The molecule has 0 radical (unpaired) electrons. The minimum atomic E-state index is -0.173. The molecule has 2 aromatic heterocycles. The molecule has 1 amide bonds. The fourth-order valence-electron chi connectivity index (χ4n) is 3.20. The first-order valence-electron chi connectivity index (χ1n) is 8.75. The van der Waals surface area contributed by atoms with Crippen molar-refractivity contribution < 1.29 is 18.8 Å². The number of aromatic nitrogens is 3. The Kier molecular flexibility index (Phi) is 4.60. The third-order valence-corrected chi connectivity index (χ3v) is 4.72. The van der Waals surface area contributed by atoms with Crippen LogP contribution in [-0.2, 0) is 0 Å². The van der Waals surface area contributed by atoms with Crippen LogP contribution in [0, 0.1) is 0 Å². The zero-order chi connectivity index (χ0) is 19.7. The number of carbonyl (C=O) groups excluding carboxylic acids is 1. The van der Waals surface area contributed by atoms with E-state index in [2.05, 4.69) is 15.1 Å². The molecule has 10 nitrogen and oxygen atoms in total. The lowest BCUT2D eigenvalue weighted by Gasteiger charge is -2.34. The monoisotopic (exact) mass is 384 g/mol. The number of carbonyl (C=O) groups is 1. The van der Waals surface area contributed by atoms with Gasteiger partial charge >= 0.3 is 0 Å². The van der Waals surface area contributed by atoms with Crippen molar-refractivity contribution in [2.75, 3.05) is 51.0 Å². The maximum absolute atomic E-state index is 12.4. The molecule has 1 aromatic carbocycles. The molecular formula is C18H20N6O4. The highest BCUT2D eigenvalue weighted by molar-refractivity contribution is 5.92. The molecule has 0 bridgehead atoms. The van der Waals surface area contributed by atoms with Gasteiger partial charge in [-0.1, -0.05) is 5.16 Å². The van der Waals surface area contributed by atoms with Gasteiger partial charge in [-0.15, -0.1) is 0 Å². The van der Waals surface area contributed by atoms with E-state index in [9.17, 15) is 4.79 Å².